The van der Waals surface area contributed by atoms with Crippen LogP contribution in [0.1, 0.15) is 77.1 Å². The quantitative estimate of drug-likeness (QED) is 0.326. The summed E-state index contributed by atoms with van der Waals surface area (Å²) in [4.78, 5) is 15.2. The molecule has 5 nitrogen and oxygen atoms in total. The Morgan fingerprint density at radius 2 is 1.64 bits per heavy atom. The van der Waals surface area contributed by atoms with Crippen molar-refractivity contribution in [2.75, 3.05) is 33.3 Å². The number of rotatable bonds is 9. The Hall–Kier alpha value is -3.62. The van der Waals surface area contributed by atoms with Gasteiger partial charge in [0.25, 0.3) is 5.91 Å². The fourth-order valence-electron chi connectivity index (χ4n) is 6.16. The highest BCUT2D eigenvalue weighted by Crippen LogP contribution is 2.40. The molecule has 1 saturated heterocycles. The van der Waals surface area contributed by atoms with Gasteiger partial charge in [0.2, 0.25) is 0 Å². The number of methoxy groups -OCH3 is 1. The minimum atomic E-state index is -0.0267. The van der Waals surface area contributed by atoms with Gasteiger partial charge in [-0.1, -0.05) is 36.4 Å². The number of piperidine rings is 1. The molecule has 0 unspecified atom stereocenters. The largest absolute Gasteiger partial charge is 0.496 e. The van der Waals surface area contributed by atoms with Gasteiger partial charge >= 0.3 is 0 Å². The summed E-state index contributed by atoms with van der Waals surface area (Å²) in [6, 6.07) is 22.0. The number of hydrogen-bond acceptors (Lipinski definition) is 4. The van der Waals surface area contributed by atoms with Gasteiger partial charge in [-0.25, -0.2) is 0 Å². The normalized spacial score (nSPS) is 15.8. The van der Waals surface area contributed by atoms with Gasteiger partial charge in [0.05, 0.1) is 18.7 Å². The van der Waals surface area contributed by atoms with E-state index < -0.39 is 0 Å². The van der Waals surface area contributed by atoms with Crippen molar-refractivity contribution in [2.45, 2.75) is 57.3 Å². The SMILES string of the molecule is COc1c(C2CCN(CCCCNC(=O)c3ccc(-c4ccc(C#N)cc4)cc3)CC2)ccc2c1CCCC2. The maximum absolute atomic E-state index is 12.6. The molecule has 0 aromatic heterocycles. The maximum atomic E-state index is 12.6. The molecule has 0 spiro atoms. The predicted octanol–water partition coefficient (Wildman–Crippen LogP) is 6.50. The Balaban J connectivity index is 1.02. The van der Waals surface area contributed by atoms with Crippen LogP contribution in [0, 0.1) is 11.3 Å². The van der Waals surface area contributed by atoms with Crippen molar-refractivity contribution in [3.05, 3.63) is 88.5 Å². The van der Waals surface area contributed by atoms with Crippen LogP contribution in [0.3, 0.4) is 0 Å². The van der Waals surface area contributed by atoms with Crippen LogP contribution in [0.25, 0.3) is 11.1 Å². The van der Waals surface area contributed by atoms with Crippen molar-refractivity contribution in [1.82, 2.24) is 10.2 Å². The number of nitrogens with zero attached hydrogens (tertiary/aromatic N) is 2. The lowest BCUT2D eigenvalue weighted by Gasteiger charge is -2.33. The van der Waals surface area contributed by atoms with E-state index in [1.165, 1.54) is 54.5 Å². The lowest BCUT2D eigenvalue weighted by atomic mass is 9.83. The number of likely N-dealkylation sites (tertiary alicyclic amines) is 1. The number of unbranched alkanes of at least 4 members (excludes halogenated alkanes) is 1. The topological polar surface area (TPSA) is 65.4 Å². The molecular formula is C34H39N3O2. The first-order chi connectivity index (χ1) is 19.2. The molecule has 0 saturated carbocycles. The number of carbonyl (C=O) groups excluding carboxylic acids is 1. The van der Waals surface area contributed by atoms with E-state index in [9.17, 15) is 4.79 Å². The van der Waals surface area contributed by atoms with Crippen LogP contribution in [0.5, 0.6) is 5.75 Å². The van der Waals surface area contributed by atoms with Crippen LogP contribution in [-0.4, -0.2) is 44.1 Å². The molecule has 5 rings (SSSR count). The fraction of sp³-hybridized carbons (Fsp3) is 0.412. The first kappa shape index (κ1) is 27.0. The molecule has 3 aromatic carbocycles. The third kappa shape index (κ3) is 6.52. The molecule has 0 atom stereocenters. The average Bonchev–Trinajstić information content (AvgIpc) is 3.00. The number of carbonyl (C=O) groups is 1. The minimum absolute atomic E-state index is 0.0267. The van der Waals surface area contributed by atoms with Crippen LogP contribution in [0.2, 0.25) is 0 Å². The van der Waals surface area contributed by atoms with E-state index in [0.29, 0.717) is 23.6 Å². The lowest BCUT2D eigenvalue weighted by molar-refractivity contribution is 0.0952. The molecular weight excluding hydrogens is 482 g/mol. The van der Waals surface area contributed by atoms with Crippen LogP contribution < -0.4 is 10.1 Å². The zero-order chi connectivity index (χ0) is 27.0. The van der Waals surface area contributed by atoms with Crippen molar-refractivity contribution < 1.29 is 9.53 Å². The lowest BCUT2D eigenvalue weighted by Crippen LogP contribution is -2.34. The second-order valence-corrected chi connectivity index (χ2v) is 10.9. The second kappa shape index (κ2) is 13.0. The smallest absolute Gasteiger partial charge is 0.251 e. The molecule has 1 heterocycles. The van der Waals surface area contributed by atoms with Crippen molar-refractivity contribution in [3.8, 4) is 22.9 Å². The summed E-state index contributed by atoms with van der Waals surface area (Å²) in [5.41, 5.74) is 7.76. The van der Waals surface area contributed by atoms with E-state index in [0.717, 1.165) is 50.0 Å². The summed E-state index contributed by atoms with van der Waals surface area (Å²) in [7, 11) is 1.84. The highest BCUT2D eigenvalue weighted by molar-refractivity contribution is 5.94. The fourth-order valence-corrected chi connectivity index (χ4v) is 6.16. The summed E-state index contributed by atoms with van der Waals surface area (Å²) >= 11 is 0. The Labute approximate surface area is 232 Å². The van der Waals surface area contributed by atoms with E-state index >= 15 is 0 Å². The molecule has 0 radical (unpaired) electrons. The van der Waals surface area contributed by atoms with Gasteiger partial charge in [0.15, 0.2) is 0 Å². The van der Waals surface area contributed by atoms with E-state index in [1.807, 2.05) is 55.6 Å². The van der Waals surface area contributed by atoms with Crippen molar-refractivity contribution >= 4 is 5.91 Å². The van der Waals surface area contributed by atoms with Crippen molar-refractivity contribution in [1.29, 1.82) is 5.26 Å². The Bertz CT molecular complexity index is 1300. The van der Waals surface area contributed by atoms with Gasteiger partial charge in [0, 0.05) is 12.1 Å². The van der Waals surface area contributed by atoms with Crippen LogP contribution in [0.15, 0.2) is 60.7 Å². The monoisotopic (exact) mass is 521 g/mol. The number of fused-ring (bicyclic) bond motifs is 1. The first-order valence-corrected chi connectivity index (χ1v) is 14.5. The van der Waals surface area contributed by atoms with Gasteiger partial charge in [-0.05, 0) is 129 Å². The summed E-state index contributed by atoms with van der Waals surface area (Å²) < 4.78 is 5.94. The van der Waals surface area contributed by atoms with Crippen LogP contribution in [0.4, 0.5) is 0 Å². The van der Waals surface area contributed by atoms with E-state index in [4.69, 9.17) is 10.00 Å². The second-order valence-electron chi connectivity index (χ2n) is 10.9. The number of amides is 1. The molecule has 1 aliphatic carbocycles. The molecule has 1 amide bonds. The zero-order valence-corrected chi connectivity index (χ0v) is 23.0. The maximum Gasteiger partial charge on any atom is 0.251 e. The van der Waals surface area contributed by atoms with Crippen LogP contribution in [-0.2, 0) is 12.8 Å². The summed E-state index contributed by atoms with van der Waals surface area (Å²) in [5, 5.41) is 12.0. The van der Waals surface area contributed by atoms with Crippen LogP contribution >= 0.6 is 0 Å². The molecule has 3 aromatic rings. The molecule has 202 valence electrons. The molecule has 1 N–H and O–H groups in total. The molecule has 1 fully saturated rings. The third-order valence-corrected chi connectivity index (χ3v) is 8.42. The highest BCUT2D eigenvalue weighted by Gasteiger charge is 2.26. The Kier molecular flexibility index (Phi) is 8.96. The minimum Gasteiger partial charge on any atom is -0.496 e. The van der Waals surface area contributed by atoms with E-state index in [1.54, 1.807) is 0 Å². The summed E-state index contributed by atoms with van der Waals surface area (Å²) in [6.07, 6.45) is 9.36. The van der Waals surface area contributed by atoms with Gasteiger partial charge in [-0.2, -0.15) is 5.26 Å². The third-order valence-electron chi connectivity index (χ3n) is 8.42. The van der Waals surface area contributed by atoms with Gasteiger partial charge in [-0.3, -0.25) is 4.79 Å². The van der Waals surface area contributed by atoms with Gasteiger partial charge in [0.1, 0.15) is 5.75 Å². The van der Waals surface area contributed by atoms with Gasteiger partial charge < -0.3 is 15.0 Å². The zero-order valence-electron chi connectivity index (χ0n) is 23.0. The standard InChI is InChI=1S/C34H39N3O2/c1-39-33-31-7-3-2-6-28(31)16-17-32(33)29-18-22-37(23-19-29)21-5-4-20-36-34(38)30-14-12-27(13-15-30)26-10-8-25(24-35)9-11-26/h8-17,29H,2-7,18-23H2,1H3,(H,36,38). The number of ether oxygens (including phenoxy) is 1. The number of nitrogens with one attached hydrogen (secondary N) is 1. The Morgan fingerprint density at radius 3 is 2.33 bits per heavy atom. The summed E-state index contributed by atoms with van der Waals surface area (Å²) in [6.45, 7) is 4.04. The van der Waals surface area contributed by atoms with Crippen molar-refractivity contribution in [3.63, 3.8) is 0 Å². The predicted molar refractivity (Wildman–Crippen MR) is 156 cm³/mol. The molecule has 5 heteroatoms. The molecule has 1 aliphatic heterocycles. The molecule has 39 heavy (non-hydrogen) atoms. The van der Waals surface area contributed by atoms with E-state index in [2.05, 4.69) is 28.4 Å². The average molecular weight is 522 g/mol. The number of hydrogen-bond donors (Lipinski definition) is 1. The van der Waals surface area contributed by atoms with Gasteiger partial charge in [-0.15, -0.1) is 0 Å². The first-order valence-electron chi connectivity index (χ1n) is 14.5. The highest BCUT2D eigenvalue weighted by atomic mass is 16.5. The number of nitriles is 1. The Morgan fingerprint density at radius 1 is 0.949 bits per heavy atom. The molecule has 0 bridgehead atoms. The number of benzene rings is 3. The van der Waals surface area contributed by atoms with Crippen molar-refractivity contribution in [2.24, 2.45) is 0 Å². The van der Waals surface area contributed by atoms with E-state index in [-0.39, 0.29) is 5.91 Å². The summed E-state index contributed by atoms with van der Waals surface area (Å²) in [5.74, 6) is 1.73. The number of aryl methyl sites for hydroxylation is 1. The molecule has 2 aliphatic rings.